The molecule has 90 valence electrons. The number of nitrogens with zero attached hydrogens (tertiary/aromatic N) is 1. The molecule has 1 saturated carbocycles. The molecule has 15 heavy (non-hydrogen) atoms. The first-order chi connectivity index (χ1) is 7.27. The van der Waals surface area contributed by atoms with Crippen molar-refractivity contribution in [3.8, 4) is 0 Å². The minimum absolute atomic E-state index is 0.527. The molecule has 0 aromatic heterocycles. The van der Waals surface area contributed by atoms with Crippen LogP contribution in [0.1, 0.15) is 39.0 Å². The molecular formula is C11H23NOS2. The molecule has 0 heterocycles. The third kappa shape index (κ3) is 4.98. The number of hydrogen-bond donors (Lipinski definition) is 1. The Morgan fingerprint density at radius 2 is 2.13 bits per heavy atom. The minimum atomic E-state index is 0.527. The second-order valence-corrected chi connectivity index (χ2v) is 5.63. The van der Waals surface area contributed by atoms with Crippen molar-refractivity contribution in [2.45, 2.75) is 51.2 Å². The van der Waals surface area contributed by atoms with Gasteiger partial charge < -0.3 is 4.74 Å². The Bertz CT molecular complexity index is 163. The number of thiol groups is 1. The quantitative estimate of drug-likeness (QED) is 0.307. The third-order valence-corrected chi connectivity index (χ3v) is 3.93. The van der Waals surface area contributed by atoms with E-state index in [1.807, 2.05) is 0 Å². The summed E-state index contributed by atoms with van der Waals surface area (Å²) in [6.07, 6.45) is 6.73. The van der Waals surface area contributed by atoms with E-state index in [0.717, 1.165) is 18.5 Å². The Kier molecular flexibility index (Phi) is 7.14. The lowest BCUT2D eigenvalue weighted by Crippen LogP contribution is -2.46. The summed E-state index contributed by atoms with van der Waals surface area (Å²) in [4.78, 5) is 2.36. The van der Waals surface area contributed by atoms with Crippen LogP contribution in [0.25, 0.3) is 0 Å². The molecule has 0 aromatic rings. The van der Waals surface area contributed by atoms with Crippen LogP contribution in [0.4, 0.5) is 0 Å². The molecule has 0 unspecified atom stereocenters. The van der Waals surface area contributed by atoms with Crippen molar-refractivity contribution in [3.63, 3.8) is 0 Å². The molecule has 0 aromatic carbocycles. The van der Waals surface area contributed by atoms with Gasteiger partial charge in [-0.1, -0.05) is 30.6 Å². The van der Waals surface area contributed by atoms with E-state index in [0.29, 0.717) is 6.10 Å². The Balaban J connectivity index is 1.95. The predicted octanol–water partition coefficient (Wildman–Crippen LogP) is 3.19. The Morgan fingerprint density at radius 1 is 1.40 bits per heavy atom. The van der Waals surface area contributed by atoms with E-state index in [-0.39, 0.29) is 0 Å². The highest BCUT2D eigenvalue weighted by Gasteiger charge is 2.32. The summed E-state index contributed by atoms with van der Waals surface area (Å²) in [7, 11) is 3.76. The van der Waals surface area contributed by atoms with Gasteiger partial charge in [0.2, 0.25) is 0 Å². The molecule has 0 N–H and O–H groups in total. The molecule has 0 aliphatic heterocycles. The zero-order valence-corrected chi connectivity index (χ0v) is 11.5. The summed E-state index contributed by atoms with van der Waals surface area (Å²) in [5.74, 6) is 1.01. The van der Waals surface area contributed by atoms with Crippen LogP contribution < -0.4 is 0 Å². The smallest absolute Gasteiger partial charge is 0.0605 e. The summed E-state index contributed by atoms with van der Waals surface area (Å²) in [6.45, 7) is 3.18. The lowest BCUT2D eigenvalue weighted by Gasteiger charge is -2.40. The van der Waals surface area contributed by atoms with Crippen LogP contribution in [0.5, 0.6) is 0 Å². The lowest BCUT2D eigenvalue weighted by atomic mass is 9.88. The van der Waals surface area contributed by atoms with Crippen molar-refractivity contribution < 1.29 is 4.74 Å². The van der Waals surface area contributed by atoms with Gasteiger partial charge in [-0.25, -0.2) is 0 Å². The van der Waals surface area contributed by atoms with Crippen molar-refractivity contribution in [1.29, 1.82) is 0 Å². The fourth-order valence-corrected chi connectivity index (χ4v) is 2.77. The molecule has 0 saturated heterocycles. The summed E-state index contributed by atoms with van der Waals surface area (Å²) in [6, 6.07) is 0.723. The van der Waals surface area contributed by atoms with E-state index >= 15 is 0 Å². The van der Waals surface area contributed by atoms with Crippen molar-refractivity contribution in [2.24, 2.45) is 0 Å². The standard InChI is InChI=1S/C11H23NOS2/c1-3-4-5-6-13-11-7-10(8-11)12(2)9-15-14/h10-11,14H,3-9H2,1-2H3/t10-,11-. The van der Waals surface area contributed by atoms with Crippen LogP contribution in [0.3, 0.4) is 0 Å². The molecule has 1 aliphatic rings. The van der Waals surface area contributed by atoms with Gasteiger partial charge in [0.25, 0.3) is 0 Å². The number of hydrogen-bond acceptors (Lipinski definition) is 4. The highest BCUT2D eigenvalue weighted by Crippen LogP contribution is 2.28. The average molecular weight is 249 g/mol. The highest BCUT2D eigenvalue weighted by molar-refractivity contribution is 8.68. The van der Waals surface area contributed by atoms with E-state index < -0.39 is 0 Å². The molecule has 0 atom stereocenters. The van der Waals surface area contributed by atoms with Crippen LogP contribution in [-0.4, -0.2) is 36.6 Å². The maximum Gasteiger partial charge on any atom is 0.0605 e. The van der Waals surface area contributed by atoms with E-state index in [4.69, 9.17) is 4.74 Å². The first kappa shape index (κ1) is 13.7. The van der Waals surface area contributed by atoms with Crippen LogP contribution in [0, 0.1) is 0 Å². The number of unbranched alkanes of at least 4 members (excludes halogenated alkanes) is 2. The fraction of sp³-hybridized carbons (Fsp3) is 1.00. The monoisotopic (exact) mass is 249 g/mol. The minimum Gasteiger partial charge on any atom is -0.378 e. The Hall–Kier alpha value is 0.620. The van der Waals surface area contributed by atoms with Gasteiger partial charge in [0.05, 0.1) is 12.0 Å². The van der Waals surface area contributed by atoms with Gasteiger partial charge in [-0.2, -0.15) is 0 Å². The van der Waals surface area contributed by atoms with Crippen LogP contribution in [-0.2, 0) is 4.74 Å². The predicted molar refractivity (Wildman–Crippen MR) is 71.5 cm³/mol. The molecule has 0 amide bonds. The molecule has 1 fully saturated rings. The lowest BCUT2D eigenvalue weighted by molar-refractivity contribution is -0.0421. The van der Waals surface area contributed by atoms with Gasteiger partial charge >= 0.3 is 0 Å². The van der Waals surface area contributed by atoms with Crippen molar-refractivity contribution >= 4 is 22.5 Å². The van der Waals surface area contributed by atoms with Gasteiger partial charge in [-0.05, 0) is 26.3 Å². The van der Waals surface area contributed by atoms with Gasteiger partial charge in [0.15, 0.2) is 0 Å². The van der Waals surface area contributed by atoms with Crippen LogP contribution >= 0.6 is 22.5 Å². The first-order valence-electron chi connectivity index (χ1n) is 5.86. The summed E-state index contributed by atoms with van der Waals surface area (Å²) in [5.41, 5.74) is 0. The summed E-state index contributed by atoms with van der Waals surface area (Å²) < 4.78 is 5.79. The van der Waals surface area contributed by atoms with E-state index in [2.05, 4.69) is 30.5 Å². The van der Waals surface area contributed by atoms with E-state index in [1.54, 1.807) is 10.8 Å². The molecule has 4 heteroatoms. The molecule has 1 aliphatic carbocycles. The number of rotatable bonds is 8. The Labute approximate surface area is 103 Å². The van der Waals surface area contributed by atoms with Crippen molar-refractivity contribution in [1.82, 2.24) is 4.90 Å². The second-order valence-electron chi connectivity index (χ2n) is 4.34. The molecule has 0 radical (unpaired) electrons. The SMILES string of the molecule is CCCCCO[C@H]1C[C@H](N(C)CSS)C1. The molecular weight excluding hydrogens is 226 g/mol. The zero-order chi connectivity index (χ0) is 11.1. The summed E-state index contributed by atoms with van der Waals surface area (Å²) >= 11 is 4.16. The Morgan fingerprint density at radius 3 is 2.73 bits per heavy atom. The molecule has 2 nitrogen and oxygen atoms in total. The second kappa shape index (κ2) is 7.82. The van der Waals surface area contributed by atoms with Crippen LogP contribution in [0.15, 0.2) is 0 Å². The van der Waals surface area contributed by atoms with E-state index in [9.17, 15) is 0 Å². The fourth-order valence-electron chi connectivity index (χ4n) is 1.83. The third-order valence-electron chi connectivity index (χ3n) is 3.06. The largest absolute Gasteiger partial charge is 0.378 e. The molecule has 0 spiro atoms. The topological polar surface area (TPSA) is 12.5 Å². The number of ether oxygens (including phenoxy) is 1. The molecule has 0 bridgehead atoms. The maximum absolute atomic E-state index is 5.79. The van der Waals surface area contributed by atoms with Gasteiger partial charge in [0, 0.05) is 12.6 Å². The normalized spacial score (nSPS) is 25.6. The molecule has 1 rings (SSSR count). The zero-order valence-electron chi connectivity index (χ0n) is 9.82. The van der Waals surface area contributed by atoms with Crippen molar-refractivity contribution in [2.75, 3.05) is 19.5 Å². The van der Waals surface area contributed by atoms with E-state index in [1.165, 1.54) is 32.1 Å². The summed E-state index contributed by atoms with van der Waals surface area (Å²) in [5, 5.41) is 0. The van der Waals surface area contributed by atoms with Gasteiger partial charge in [0.1, 0.15) is 0 Å². The average Bonchev–Trinajstić information content (AvgIpc) is 2.15. The van der Waals surface area contributed by atoms with Gasteiger partial charge in [-0.15, -0.1) is 11.7 Å². The van der Waals surface area contributed by atoms with Crippen molar-refractivity contribution in [3.05, 3.63) is 0 Å². The van der Waals surface area contributed by atoms with Crippen LogP contribution in [0.2, 0.25) is 0 Å². The first-order valence-corrected chi connectivity index (χ1v) is 7.90. The maximum atomic E-state index is 5.79. The highest BCUT2D eigenvalue weighted by atomic mass is 33.1. The van der Waals surface area contributed by atoms with Gasteiger partial charge in [-0.3, -0.25) is 4.90 Å².